The van der Waals surface area contributed by atoms with E-state index in [1.54, 1.807) is 6.07 Å². The number of anilines is 1. The van der Waals surface area contributed by atoms with Gasteiger partial charge in [-0.3, -0.25) is 14.0 Å². The summed E-state index contributed by atoms with van der Waals surface area (Å²) in [7, 11) is 2.01. The maximum Gasteiger partial charge on any atom is 0.252 e. The Kier molecular flexibility index (Phi) is 6.95. The van der Waals surface area contributed by atoms with Crippen LogP contribution in [0.2, 0.25) is 5.02 Å². The van der Waals surface area contributed by atoms with Crippen LogP contribution >= 0.6 is 11.6 Å². The minimum absolute atomic E-state index is 0.121. The van der Waals surface area contributed by atoms with Crippen LogP contribution in [0.3, 0.4) is 0 Å². The van der Waals surface area contributed by atoms with E-state index in [-0.39, 0.29) is 11.8 Å². The van der Waals surface area contributed by atoms with Crippen LogP contribution in [0.1, 0.15) is 35.5 Å². The molecule has 0 radical (unpaired) electrons. The number of pyridine rings is 1. The summed E-state index contributed by atoms with van der Waals surface area (Å²) in [5, 5.41) is 6.19. The lowest BCUT2D eigenvalue weighted by Crippen LogP contribution is -2.33. The van der Waals surface area contributed by atoms with E-state index in [1.165, 1.54) is 6.92 Å². The lowest BCUT2D eigenvalue weighted by atomic mass is 10.2. The molecule has 2 amide bonds. The van der Waals surface area contributed by atoms with Gasteiger partial charge in [-0.15, -0.1) is 0 Å². The molecule has 3 aromatic rings. The minimum atomic E-state index is -0.194. The molecular formula is C22H26ClN5O2. The molecule has 0 aliphatic carbocycles. The molecule has 2 N–H and O–H groups in total. The van der Waals surface area contributed by atoms with Gasteiger partial charge in [0, 0.05) is 44.8 Å². The molecule has 0 bridgehead atoms. The van der Waals surface area contributed by atoms with Gasteiger partial charge in [0.25, 0.3) is 5.91 Å². The van der Waals surface area contributed by atoms with E-state index < -0.39 is 0 Å². The van der Waals surface area contributed by atoms with E-state index in [9.17, 15) is 9.59 Å². The number of benzene rings is 1. The SMILES string of the molecule is CCc1nc2ccc(C(=O)NCCNC(C)=O)cn2c1N(C)Cc1ccc(Cl)cc1. The third-order valence-corrected chi connectivity index (χ3v) is 4.99. The van der Waals surface area contributed by atoms with Gasteiger partial charge in [0.1, 0.15) is 11.5 Å². The smallest absolute Gasteiger partial charge is 0.252 e. The second kappa shape index (κ2) is 9.63. The highest BCUT2D eigenvalue weighted by molar-refractivity contribution is 6.30. The summed E-state index contributed by atoms with van der Waals surface area (Å²) in [5.41, 5.74) is 3.42. The zero-order valence-corrected chi connectivity index (χ0v) is 18.2. The normalized spacial score (nSPS) is 10.8. The Balaban J connectivity index is 1.84. The van der Waals surface area contributed by atoms with Gasteiger partial charge < -0.3 is 15.5 Å². The number of aryl methyl sites for hydroxylation is 1. The first-order chi connectivity index (χ1) is 14.4. The summed E-state index contributed by atoms with van der Waals surface area (Å²) in [4.78, 5) is 30.3. The van der Waals surface area contributed by atoms with Crippen molar-refractivity contribution in [2.75, 3.05) is 25.0 Å². The van der Waals surface area contributed by atoms with Gasteiger partial charge in [-0.25, -0.2) is 4.98 Å². The number of nitrogens with zero attached hydrogens (tertiary/aromatic N) is 3. The molecule has 158 valence electrons. The third kappa shape index (κ3) is 5.10. The van der Waals surface area contributed by atoms with Crippen molar-refractivity contribution in [3.05, 3.63) is 64.4 Å². The van der Waals surface area contributed by atoms with Gasteiger partial charge in [0.05, 0.1) is 11.3 Å². The molecule has 0 unspecified atom stereocenters. The Morgan fingerprint density at radius 3 is 2.47 bits per heavy atom. The van der Waals surface area contributed by atoms with Crippen molar-refractivity contribution in [3.8, 4) is 0 Å². The van der Waals surface area contributed by atoms with Crippen LogP contribution in [-0.2, 0) is 17.8 Å². The Morgan fingerprint density at radius 1 is 1.10 bits per heavy atom. The lowest BCUT2D eigenvalue weighted by molar-refractivity contribution is -0.118. The topological polar surface area (TPSA) is 78.7 Å². The first-order valence-corrected chi connectivity index (χ1v) is 10.3. The quantitative estimate of drug-likeness (QED) is 0.541. The van der Waals surface area contributed by atoms with Crippen LogP contribution in [0, 0.1) is 0 Å². The molecule has 3 rings (SSSR count). The number of halogens is 1. The summed E-state index contributed by atoms with van der Waals surface area (Å²) in [6.45, 7) is 4.96. The number of fused-ring (bicyclic) bond motifs is 1. The fraction of sp³-hybridized carbons (Fsp3) is 0.318. The molecule has 2 aromatic heterocycles. The number of hydrogen-bond donors (Lipinski definition) is 2. The Bertz CT molecular complexity index is 1050. The first-order valence-electron chi connectivity index (χ1n) is 9.88. The standard InChI is InChI=1S/C22H26ClN5O2/c1-4-19-22(27(3)13-16-5-8-18(23)9-6-16)28-14-17(7-10-20(28)26-19)21(30)25-12-11-24-15(2)29/h5-10,14H,4,11-13H2,1-3H3,(H,24,29)(H,25,30). The number of aromatic nitrogens is 2. The fourth-order valence-corrected chi connectivity index (χ4v) is 3.44. The summed E-state index contributed by atoms with van der Waals surface area (Å²) >= 11 is 6.00. The van der Waals surface area contributed by atoms with Gasteiger partial charge in [-0.2, -0.15) is 0 Å². The summed E-state index contributed by atoms with van der Waals surface area (Å²) in [5.74, 6) is 0.639. The van der Waals surface area contributed by atoms with Crippen LogP contribution in [0.25, 0.3) is 5.65 Å². The Hall–Kier alpha value is -3.06. The number of carbonyl (C=O) groups is 2. The summed E-state index contributed by atoms with van der Waals surface area (Å²) in [6.07, 6.45) is 2.59. The van der Waals surface area contributed by atoms with E-state index in [1.807, 2.05) is 48.0 Å². The molecule has 1 aromatic carbocycles. The molecule has 30 heavy (non-hydrogen) atoms. The second-order valence-corrected chi connectivity index (χ2v) is 7.54. The molecule has 0 aliphatic heterocycles. The Labute approximate surface area is 181 Å². The van der Waals surface area contributed by atoms with Gasteiger partial charge in [0.15, 0.2) is 0 Å². The zero-order chi connectivity index (χ0) is 21.7. The van der Waals surface area contributed by atoms with Crippen molar-refractivity contribution in [1.82, 2.24) is 20.0 Å². The van der Waals surface area contributed by atoms with Crippen LogP contribution < -0.4 is 15.5 Å². The molecule has 8 heteroatoms. The highest BCUT2D eigenvalue weighted by Gasteiger charge is 2.17. The van der Waals surface area contributed by atoms with Crippen molar-refractivity contribution in [2.24, 2.45) is 0 Å². The maximum atomic E-state index is 12.5. The number of hydrogen-bond acceptors (Lipinski definition) is 4. The monoisotopic (exact) mass is 427 g/mol. The highest BCUT2D eigenvalue weighted by Crippen LogP contribution is 2.25. The zero-order valence-electron chi connectivity index (χ0n) is 17.4. The van der Waals surface area contributed by atoms with Crippen molar-refractivity contribution >= 4 is 34.9 Å². The van der Waals surface area contributed by atoms with E-state index in [2.05, 4.69) is 22.5 Å². The summed E-state index contributed by atoms with van der Waals surface area (Å²) < 4.78 is 1.96. The van der Waals surface area contributed by atoms with Crippen LogP contribution in [0.4, 0.5) is 5.82 Å². The molecular weight excluding hydrogens is 402 g/mol. The van der Waals surface area contributed by atoms with Gasteiger partial charge in [-0.1, -0.05) is 30.7 Å². The molecule has 0 aliphatic rings. The average Bonchev–Trinajstić information content (AvgIpc) is 3.10. The van der Waals surface area contributed by atoms with Gasteiger partial charge in [0.2, 0.25) is 5.91 Å². The van der Waals surface area contributed by atoms with Gasteiger partial charge in [-0.05, 0) is 36.2 Å². The predicted octanol–water partition coefficient (Wildman–Crippen LogP) is 3.05. The molecule has 0 atom stereocenters. The lowest BCUT2D eigenvalue weighted by Gasteiger charge is -2.20. The van der Waals surface area contributed by atoms with Crippen molar-refractivity contribution < 1.29 is 9.59 Å². The number of rotatable bonds is 8. The van der Waals surface area contributed by atoms with Crippen LogP contribution in [-0.4, -0.2) is 41.3 Å². The third-order valence-electron chi connectivity index (χ3n) is 4.74. The summed E-state index contributed by atoms with van der Waals surface area (Å²) in [6, 6.07) is 11.4. The molecule has 0 saturated heterocycles. The minimum Gasteiger partial charge on any atom is -0.355 e. The largest absolute Gasteiger partial charge is 0.355 e. The van der Waals surface area contributed by atoms with Gasteiger partial charge >= 0.3 is 0 Å². The predicted molar refractivity (Wildman–Crippen MR) is 119 cm³/mol. The van der Waals surface area contributed by atoms with Crippen LogP contribution in [0.5, 0.6) is 0 Å². The van der Waals surface area contributed by atoms with Crippen molar-refractivity contribution in [2.45, 2.75) is 26.8 Å². The Morgan fingerprint density at radius 2 is 1.80 bits per heavy atom. The number of carbonyl (C=O) groups excluding carboxylic acids is 2. The van der Waals surface area contributed by atoms with Crippen molar-refractivity contribution in [3.63, 3.8) is 0 Å². The fourth-order valence-electron chi connectivity index (χ4n) is 3.31. The number of nitrogens with one attached hydrogen (secondary N) is 2. The first kappa shape index (κ1) is 21.6. The molecule has 7 nitrogen and oxygen atoms in total. The second-order valence-electron chi connectivity index (χ2n) is 7.10. The molecule has 0 fully saturated rings. The highest BCUT2D eigenvalue weighted by atomic mass is 35.5. The van der Waals surface area contributed by atoms with E-state index in [4.69, 9.17) is 16.6 Å². The van der Waals surface area contributed by atoms with E-state index in [0.29, 0.717) is 30.2 Å². The average molecular weight is 428 g/mol. The van der Waals surface area contributed by atoms with E-state index in [0.717, 1.165) is 29.1 Å². The van der Waals surface area contributed by atoms with Crippen molar-refractivity contribution in [1.29, 1.82) is 0 Å². The molecule has 0 saturated carbocycles. The molecule has 0 spiro atoms. The number of imidazole rings is 1. The maximum absolute atomic E-state index is 12.5. The molecule has 2 heterocycles. The number of amides is 2. The van der Waals surface area contributed by atoms with Crippen LogP contribution in [0.15, 0.2) is 42.6 Å². The van der Waals surface area contributed by atoms with E-state index >= 15 is 0 Å².